The first-order valence-corrected chi connectivity index (χ1v) is 7.12. The molecule has 0 amide bonds. The van der Waals surface area contributed by atoms with E-state index < -0.39 is 0 Å². The van der Waals surface area contributed by atoms with Gasteiger partial charge in [-0.2, -0.15) is 0 Å². The molecule has 2 rings (SSSR count). The van der Waals surface area contributed by atoms with Crippen LogP contribution in [0.2, 0.25) is 0 Å². The van der Waals surface area contributed by atoms with Gasteiger partial charge in [0.2, 0.25) is 0 Å². The Kier molecular flexibility index (Phi) is 5.10. The number of hydrogen-bond donors (Lipinski definition) is 1. The molecule has 1 N–H and O–H groups in total. The maximum absolute atomic E-state index is 13.1. The number of esters is 1. The van der Waals surface area contributed by atoms with Gasteiger partial charge in [-0.3, -0.25) is 4.79 Å². The Morgan fingerprint density at radius 3 is 2.95 bits per heavy atom. The van der Waals surface area contributed by atoms with E-state index in [-0.39, 0.29) is 11.8 Å². The van der Waals surface area contributed by atoms with Crippen molar-refractivity contribution in [1.29, 1.82) is 0 Å². The molecule has 5 nitrogen and oxygen atoms in total. The second-order valence-electron chi connectivity index (χ2n) is 4.19. The Bertz CT molecular complexity index is 630. The fourth-order valence-electron chi connectivity index (χ4n) is 1.69. The van der Waals surface area contributed by atoms with E-state index in [1.54, 1.807) is 6.07 Å². The van der Waals surface area contributed by atoms with E-state index in [4.69, 9.17) is 4.74 Å². The molecule has 0 aliphatic rings. The minimum atomic E-state index is -0.365. The Morgan fingerprint density at radius 2 is 2.24 bits per heavy atom. The van der Waals surface area contributed by atoms with Crippen molar-refractivity contribution in [3.8, 4) is 5.75 Å². The highest BCUT2D eigenvalue weighted by Crippen LogP contribution is 2.29. The number of ether oxygens (including phenoxy) is 2. The van der Waals surface area contributed by atoms with Crippen molar-refractivity contribution < 1.29 is 18.7 Å². The SMILES string of the molecule is COC(=O)CCc1csc(Nc2ccc(F)cc2OC)n1. The first-order chi connectivity index (χ1) is 10.1. The van der Waals surface area contributed by atoms with Crippen LogP contribution in [-0.4, -0.2) is 25.2 Å². The number of benzene rings is 1. The van der Waals surface area contributed by atoms with Gasteiger partial charge in [0.05, 0.1) is 32.0 Å². The molecule has 0 fully saturated rings. The van der Waals surface area contributed by atoms with Crippen molar-refractivity contribution in [3.63, 3.8) is 0 Å². The van der Waals surface area contributed by atoms with Gasteiger partial charge >= 0.3 is 5.97 Å². The molecule has 0 atom stereocenters. The zero-order valence-corrected chi connectivity index (χ0v) is 12.5. The van der Waals surface area contributed by atoms with Crippen LogP contribution in [0.15, 0.2) is 23.6 Å². The summed E-state index contributed by atoms with van der Waals surface area (Å²) in [6.45, 7) is 0. The molecule has 1 aromatic carbocycles. The Morgan fingerprint density at radius 1 is 1.43 bits per heavy atom. The second kappa shape index (κ2) is 7.03. The van der Waals surface area contributed by atoms with Crippen molar-refractivity contribution in [1.82, 2.24) is 4.98 Å². The number of carbonyl (C=O) groups is 1. The van der Waals surface area contributed by atoms with Crippen LogP contribution in [0, 0.1) is 5.82 Å². The summed E-state index contributed by atoms with van der Waals surface area (Å²) in [5.41, 5.74) is 1.43. The van der Waals surface area contributed by atoms with E-state index in [9.17, 15) is 9.18 Å². The van der Waals surface area contributed by atoms with E-state index in [1.165, 1.54) is 37.7 Å². The predicted molar refractivity (Wildman–Crippen MR) is 78.7 cm³/mol. The minimum Gasteiger partial charge on any atom is -0.494 e. The maximum atomic E-state index is 13.1. The molecule has 21 heavy (non-hydrogen) atoms. The summed E-state index contributed by atoms with van der Waals surface area (Å²) in [4.78, 5) is 15.4. The number of methoxy groups -OCH3 is 2. The van der Waals surface area contributed by atoms with Gasteiger partial charge in [0.15, 0.2) is 5.13 Å². The topological polar surface area (TPSA) is 60.5 Å². The molecule has 112 valence electrons. The minimum absolute atomic E-state index is 0.266. The Hall–Kier alpha value is -2.15. The lowest BCUT2D eigenvalue weighted by molar-refractivity contribution is -0.140. The van der Waals surface area contributed by atoms with Crippen LogP contribution < -0.4 is 10.1 Å². The Labute approximate surface area is 125 Å². The van der Waals surface area contributed by atoms with Gasteiger partial charge in [-0.25, -0.2) is 9.37 Å². The van der Waals surface area contributed by atoms with Gasteiger partial charge in [-0.1, -0.05) is 0 Å². The van der Waals surface area contributed by atoms with Gasteiger partial charge in [0, 0.05) is 17.9 Å². The number of thiazole rings is 1. The van der Waals surface area contributed by atoms with Crippen LogP contribution >= 0.6 is 11.3 Å². The highest BCUT2D eigenvalue weighted by Gasteiger charge is 2.09. The molecule has 0 saturated heterocycles. The molecule has 0 unspecified atom stereocenters. The first kappa shape index (κ1) is 15.2. The summed E-state index contributed by atoms with van der Waals surface area (Å²) >= 11 is 1.40. The lowest BCUT2D eigenvalue weighted by atomic mass is 10.2. The summed E-state index contributed by atoms with van der Waals surface area (Å²) in [5, 5.41) is 5.59. The van der Waals surface area contributed by atoms with Crippen molar-refractivity contribution in [2.45, 2.75) is 12.8 Å². The van der Waals surface area contributed by atoms with Gasteiger partial charge in [-0.05, 0) is 12.1 Å². The van der Waals surface area contributed by atoms with Gasteiger partial charge in [0.1, 0.15) is 11.6 Å². The third kappa shape index (κ3) is 4.16. The Balaban J connectivity index is 2.04. The summed E-state index contributed by atoms with van der Waals surface area (Å²) in [6.07, 6.45) is 0.810. The van der Waals surface area contributed by atoms with Crippen molar-refractivity contribution in [2.75, 3.05) is 19.5 Å². The normalized spacial score (nSPS) is 10.2. The van der Waals surface area contributed by atoms with Gasteiger partial charge in [0.25, 0.3) is 0 Å². The van der Waals surface area contributed by atoms with Crippen LogP contribution in [0.4, 0.5) is 15.2 Å². The third-order valence-electron chi connectivity index (χ3n) is 2.77. The maximum Gasteiger partial charge on any atom is 0.305 e. The van der Waals surface area contributed by atoms with Crippen LogP contribution in [-0.2, 0) is 16.0 Å². The number of aryl methyl sites for hydroxylation is 1. The number of nitrogens with one attached hydrogen (secondary N) is 1. The van der Waals surface area contributed by atoms with Crippen LogP contribution in [0.5, 0.6) is 5.75 Å². The van der Waals surface area contributed by atoms with Crippen molar-refractivity contribution >= 4 is 28.1 Å². The zero-order valence-electron chi connectivity index (χ0n) is 11.7. The number of aromatic nitrogens is 1. The first-order valence-electron chi connectivity index (χ1n) is 6.24. The lowest BCUT2D eigenvalue weighted by Crippen LogP contribution is -2.02. The highest BCUT2D eigenvalue weighted by molar-refractivity contribution is 7.13. The van der Waals surface area contributed by atoms with Gasteiger partial charge in [-0.15, -0.1) is 11.3 Å². The smallest absolute Gasteiger partial charge is 0.305 e. The molecular weight excluding hydrogens is 295 g/mol. The predicted octanol–water partition coefficient (Wildman–Crippen LogP) is 3.14. The average Bonchev–Trinajstić information content (AvgIpc) is 2.94. The fraction of sp³-hybridized carbons (Fsp3) is 0.286. The van der Waals surface area contributed by atoms with Gasteiger partial charge < -0.3 is 14.8 Å². The number of halogens is 1. The van der Waals surface area contributed by atoms with Crippen molar-refractivity contribution in [3.05, 3.63) is 35.1 Å². The molecule has 0 aliphatic heterocycles. The molecule has 1 heterocycles. The molecule has 0 spiro atoms. The van der Waals surface area contributed by atoms with Crippen LogP contribution in [0.25, 0.3) is 0 Å². The van der Waals surface area contributed by atoms with E-state index in [2.05, 4.69) is 15.0 Å². The quantitative estimate of drug-likeness (QED) is 0.831. The van der Waals surface area contributed by atoms with E-state index >= 15 is 0 Å². The summed E-state index contributed by atoms with van der Waals surface area (Å²) < 4.78 is 22.8. The monoisotopic (exact) mass is 310 g/mol. The zero-order chi connectivity index (χ0) is 15.2. The molecule has 1 aromatic heterocycles. The molecule has 0 radical (unpaired) electrons. The summed E-state index contributed by atoms with van der Waals surface area (Å²) in [6, 6.07) is 4.23. The number of carbonyl (C=O) groups excluding carboxylic acids is 1. The van der Waals surface area contributed by atoms with Crippen LogP contribution in [0.3, 0.4) is 0 Å². The lowest BCUT2D eigenvalue weighted by Gasteiger charge is -2.08. The van der Waals surface area contributed by atoms with Crippen molar-refractivity contribution in [2.24, 2.45) is 0 Å². The largest absolute Gasteiger partial charge is 0.494 e. The third-order valence-corrected chi connectivity index (χ3v) is 3.58. The van der Waals surface area contributed by atoms with E-state index in [0.717, 1.165) is 5.69 Å². The second-order valence-corrected chi connectivity index (χ2v) is 5.05. The number of hydrogen-bond acceptors (Lipinski definition) is 6. The summed E-state index contributed by atoms with van der Waals surface area (Å²) in [7, 11) is 2.83. The number of nitrogens with zero attached hydrogens (tertiary/aromatic N) is 1. The molecule has 7 heteroatoms. The summed E-state index contributed by atoms with van der Waals surface area (Å²) in [5.74, 6) is -0.227. The average molecular weight is 310 g/mol. The highest BCUT2D eigenvalue weighted by atomic mass is 32.1. The molecule has 0 saturated carbocycles. The molecular formula is C14H15FN2O3S. The molecule has 0 aliphatic carbocycles. The number of anilines is 2. The molecule has 2 aromatic rings. The van der Waals surface area contributed by atoms with E-state index in [1.807, 2.05) is 5.38 Å². The standard InChI is InChI=1S/C14H15FN2O3S/c1-19-12-7-9(15)3-5-11(12)17-14-16-10(8-21-14)4-6-13(18)20-2/h3,5,7-8H,4,6H2,1-2H3,(H,16,17). The van der Waals surface area contributed by atoms with Crippen LogP contribution in [0.1, 0.15) is 12.1 Å². The molecule has 0 bridgehead atoms. The van der Waals surface area contributed by atoms with E-state index in [0.29, 0.717) is 29.4 Å². The fourth-order valence-corrected chi connectivity index (χ4v) is 2.45. The number of rotatable bonds is 6.